The van der Waals surface area contributed by atoms with Gasteiger partial charge in [0.15, 0.2) is 0 Å². The molecule has 0 bridgehead atoms. The van der Waals surface area contributed by atoms with Gasteiger partial charge in [0.2, 0.25) is 15.9 Å². The molecule has 0 radical (unpaired) electrons. The van der Waals surface area contributed by atoms with Crippen molar-refractivity contribution in [3.8, 4) is 0 Å². The Labute approximate surface area is 181 Å². The van der Waals surface area contributed by atoms with E-state index in [0.29, 0.717) is 31.0 Å². The number of hydrogen-bond donors (Lipinski definition) is 0. The highest BCUT2D eigenvalue weighted by molar-refractivity contribution is 7.89. The number of benzene rings is 2. The van der Waals surface area contributed by atoms with E-state index in [-0.39, 0.29) is 35.1 Å². The van der Waals surface area contributed by atoms with Gasteiger partial charge in [0.05, 0.1) is 16.9 Å². The molecule has 30 heavy (non-hydrogen) atoms. The Morgan fingerprint density at radius 2 is 1.63 bits per heavy atom. The zero-order valence-corrected chi connectivity index (χ0v) is 18.1. The molecule has 2 aliphatic heterocycles. The first-order valence-electron chi connectivity index (χ1n) is 10.2. The van der Waals surface area contributed by atoms with Crippen molar-refractivity contribution in [2.75, 3.05) is 19.6 Å². The van der Waals surface area contributed by atoms with Gasteiger partial charge in [0.25, 0.3) is 0 Å². The van der Waals surface area contributed by atoms with Crippen LogP contribution in [-0.2, 0) is 14.8 Å². The highest BCUT2D eigenvalue weighted by Gasteiger charge is 2.38. The molecule has 2 heterocycles. The molecule has 0 aliphatic carbocycles. The number of carbonyl (C=O) groups excluding carboxylic acids is 1. The van der Waals surface area contributed by atoms with Crippen molar-refractivity contribution >= 4 is 27.5 Å². The van der Waals surface area contributed by atoms with Crippen molar-refractivity contribution in [1.82, 2.24) is 9.21 Å². The van der Waals surface area contributed by atoms with Crippen molar-refractivity contribution in [3.05, 3.63) is 64.9 Å². The molecule has 0 spiro atoms. The molecule has 2 saturated heterocycles. The van der Waals surface area contributed by atoms with Crippen LogP contribution in [0.25, 0.3) is 0 Å². The second-order valence-electron chi connectivity index (χ2n) is 7.90. The molecular formula is C22H24ClFN2O3S. The van der Waals surface area contributed by atoms with Crippen LogP contribution in [0.4, 0.5) is 4.39 Å². The Bertz CT molecular complexity index is 1010. The minimum absolute atomic E-state index is 0.0159. The normalized spacial score (nSPS) is 22.9. The summed E-state index contributed by atoms with van der Waals surface area (Å²) in [6.45, 7) is 1.22. The second kappa shape index (κ2) is 8.65. The van der Waals surface area contributed by atoms with Crippen molar-refractivity contribution in [1.29, 1.82) is 0 Å². The van der Waals surface area contributed by atoms with Gasteiger partial charge >= 0.3 is 0 Å². The first-order valence-corrected chi connectivity index (χ1v) is 12.0. The van der Waals surface area contributed by atoms with Crippen LogP contribution in [0.1, 0.15) is 37.3 Å². The first kappa shape index (κ1) is 21.3. The number of likely N-dealkylation sites (tertiary alicyclic amines) is 1. The number of amides is 1. The quantitative estimate of drug-likeness (QED) is 0.699. The van der Waals surface area contributed by atoms with E-state index in [4.69, 9.17) is 11.6 Å². The molecule has 2 atom stereocenters. The SMILES string of the molecule is O=C([C@H]1CCCN(S(=O)(=O)c2ccc(Cl)cc2)C1)N1CCC[C@H]1c1ccc(F)cc1. The maximum atomic E-state index is 13.3. The largest absolute Gasteiger partial charge is 0.335 e. The Hall–Kier alpha value is -1.96. The summed E-state index contributed by atoms with van der Waals surface area (Å²) in [5.74, 6) is -0.690. The average Bonchev–Trinajstić information content (AvgIpc) is 3.24. The summed E-state index contributed by atoms with van der Waals surface area (Å²) in [4.78, 5) is 15.3. The predicted octanol–water partition coefficient (Wildman–Crippen LogP) is 4.24. The van der Waals surface area contributed by atoms with Crippen LogP contribution in [0.3, 0.4) is 0 Å². The van der Waals surface area contributed by atoms with E-state index in [9.17, 15) is 17.6 Å². The molecular weight excluding hydrogens is 427 g/mol. The molecule has 8 heteroatoms. The summed E-state index contributed by atoms with van der Waals surface area (Å²) in [6, 6.07) is 12.3. The van der Waals surface area contributed by atoms with Gasteiger partial charge in [0, 0.05) is 24.7 Å². The van der Waals surface area contributed by atoms with Crippen molar-refractivity contribution in [2.24, 2.45) is 5.92 Å². The maximum Gasteiger partial charge on any atom is 0.243 e. The van der Waals surface area contributed by atoms with Gasteiger partial charge in [-0.3, -0.25) is 4.79 Å². The van der Waals surface area contributed by atoms with Crippen molar-refractivity contribution in [2.45, 2.75) is 36.6 Å². The fourth-order valence-corrected chi connectivity index (χ4v) is 6.06. The van der Waals surface area contributed by atoms with Crippen LogP contribution >= 0.6 is 11.6 Å². The Kier molecular flexibility index (Phi) is 6.14. The number of halogens is 2. The van der Waals surface area contributed by atoms with Gasteiger partial charge in [0.1, 0.15) is 5.82 Å². The van der Waals surface area contributed by atoms with E-state index in [1.165, 1.54) is 28.6 Å². The first-order chi connectivity index (χ1) is 14.4. The summed E-state index contributed by atoms with van der Waals surface area (Å²) >= 11 is 5.88. The number of piperidine rings is 1. The fraction of sp³-hybridized carbons (Fsp3) is 0.409. The van der Waals surface area contributed by atoms with E-state index in [2.05, 4.69) is 0 Å². The highest BCUT2D eigenvalue weighted by Crippen LogP contribution is 2.35. The summed E-state index contributed by atoms with van der Waals surface area (Å²) in [7, 11) is -3.68. The van der Waals surface area contributed by atoms with Crippen molar-refractivity contribution in [3.63, 3.8) is 0 Å². The van der Waals surface area contributed by atoms with Crippen LogP contribution in [0.15, 0.2) is 53.4 Å². The number of carbonyl (C=O) groups is 1. The topological polar surface area (TPSA) is 57.7 Å². The third-order valence-electron chi connectivity index (χ3n) is 5.98. The standard InChI is InChI=1S/C22H24ClFN2O3S/c23-18-7-11-20(12-8-18)30(28,29)25-13-1-3-17(15-25)22(27)26-14-2-4-21(26)16-5-9-19(24)10-6-16/h5-12,17,21H,1-4,13-15H2/t17-,21-/m0/s1. The van der Waals surface area contributed by atoms with Gasteiger partial charge in [-0.05, 0) is 67.6 Å². The van der Waals surface area contributed by atoms with E-state index in [1.54, 1.807) is 24.3 Å². The zero-order chi connectivity index (χ0) is 21.3. The minimum Gasteiger partial charge on any atom is -0.335 e. The number of nitrogens with zero attached hydrogens (tertiary/aromatic N) is 2. The fourth-order valence-electron chi connectivity index (χ4n) is 4.41. The van der Waals surface area contributed by atoms with Gasteiger partial charge in [-0.15, -0.1) is 0 Å². The summed E-state index contributed by atoms with van der Waals surface area (Å²) in [5, 5.41) is 0.474. The Morgan fingerprint density at radius 1 is 0.967 bits per heavy atom. The molecule has 2 aromatic rings. The number of rotatable bonds is 4. The molecule has 2 aliphatic rings. The number of sulfonamides is 1. The van der Waals surface area contributed by atoms with Gasteiger partial charge in [-0.25, -0.2) is 12.8 Å². The van der Waals surface area contributed by atoms with E-state index in [0.717, 1.165) is 18.4 Å². The molecule has 5 nitrogen and oxygen atoms in total. The van der Waals surface area contributed by atoms with Gasteiger partial charge in [-0.1, -0.05) is 23.7 Å². The molecule has 2 aromatic carbocycles. The molecule has 0 saturated carbocycles. The Morgan fingerprint density at radius 3 is 2.33 bits per heavy atom. The second-order valence-corrected chi connectivity index (χ2v) is 10.3. The molecule has 0 unspecified atom stereocenters. The molecule has 0 aromatic heterocycles. The van der Waals surface area contributed by atoms with Crippen LogP contribution in [0, 0.1) is 11.7 Å². The predicted molar refractivity (Wildman–Crippen MR) is 113 cm³/mol. The lowest BCUT2D eigenvalue weighted by molar-refractivity contribution is -0.137. The number of hydrogen-bond acceptors (Lipinski definition) is 3. The van der Waals surface area contributed by atoms with E-state index >= 15 is 0 Å². The lowest BCUT2D eigenvalue weighted by Gasteiger charge is -2.35. The summed E-state index contributed by atoms with van der Waals surface area (Å²) < 4.78 is 40.8. The maximum absolute atomic E-state index is 13.3. The summed E-state index contributed by atoms with van der Waals surface area (Å²) in [5.41, 5.74) is 0.920. The highest BCUT2D eigenvalue weighted by atomic mass is 35.5. The molecule has 4 rings (SSSR count). The average molecular weight is 451 g/mol. The van der Waals surface area contributed by atoms with Gasteiger partial charge in [-0.2, -0.15) is 4.31 Å². The van der Waals surface area contributed by atoms with Crippen molar-refractivity contribution < 1.29 is 17.6 Å². The third kappa shape index (κ3) is 4.24. The lowest BCUT2D eigenvalue weighted by Crippen LogP contribution is -2.46. The Balaban J connectivity index is 1.50. The minimum atomic E-state index is -3.68. The molecule has 2 fully saturated rings. The lowest BCUT2D eigenvalue weighted by atomic mass is 9.96. The van der Waals surface area contributed by atoms with Crippen LogP contribution in [-0.4, -0.2) is 43.2 Å². The van der Waals surface area contributed by atoms with Crippen LogP contribution in [0.5, 0.6) is 0 Å². The van der Waals surface area contributed by atoms with Crippen LogP contribution < -0.4 is 0 Å². The zero-order valence-electron chi connectivity index (χ0n) is 16.5. The summed E-state index contributed by atoms with van der Waals surface area (Å²) in [6.07, 6.45) is 3.01. The monoisotopic (exact) mass is 450 g/mol. The van der Waals surface area contributed by atoms with E-state index < -0.39 is 10.0 Å². The van der Waals surface area contributed by atoms with E-state index in [1.807, 2.05) is 4.90 Å². The smallest absolute Gasteiger partial charge is 0.243 e. The van der Waals surface area contributed by atoms with Crippen LogP contribution in [0.2, 0.25) is 5.02 Å². The third-order valence-corrected chi connectivity index (χ3v) is 8.11. The van der Waals surface area contributed by atoms with Gasteiger partial charge < -0.3 is 4.90 Å². The molecule has 1 amide bonds. The molecule has 0 N–H and O–H groups in total. The molecule has 160 valence electrons.